The van der Waals surface area contributed by atoms with Gasteiger partial charge in [0.15, 0.2) is 0 Å². The van der Waals surface area contributed by atoms with Gasteiger partial charge in [0.05, 0.1) is 26.5 Å². The van der Waals surface area contributed by atoms with Crippen LogP contribution < -0.4 is 20.3 Å². The largest absolute Gasteiger partial charge is 0.497 e. The predicted molar refractivity (Wildman–Crippen MR) is 159 cm³/mol. The zero-order chi connectivity index (χ0) is 28.5. The highest BCUT2D eigenvalue weighted by molar-refractivity contribution is 6.32. The number of nitrogens with zero attached hydrogens (tertiary/aromatic N) is 1. The maximum absolute atomic E-state index is 14.0. The van der Waals surface area contributed by atoms with E-state index in [2.05, 4.69) is 36.6 Å². The molecule has 0 spiro atoms. The fourth-order valence-electron chi connectivity index (χ4n) is 4.41. The van der Waals surface area contributed by atoms with Gasteiger partial charge in [-0.25, -0.2) is 4.79 Å². The number of hydrogen-bond donors (Lipinski definition) is 2. The van der Waals surface area contributed by atoms with Gasteiger partial charge in [0, 0.05) is 16.4 Å². The maximum Gasteiger partial charge on any atom is 0.326 e. The third-order valence-electron chi connectivity index (χ3n) is 6.69. The second-order valence-electron chi connectivity index (χ2n) is 9.49. The Balaban J connectivity index is 2.02. The van der Waals surface area contributed by atoms with E-state index in [9.17, 15) is 9.59 Å². The molecule has 0 atom stereocenters. The molecule has 7 nitrogen and oxygen atoms in total. The summed E-state index contributed by atoms with van der Waals surface area (Å²) in [5.41, 5.74) is 5.97. The molecule has 0 fully saturated rings. The van der Waals surface area contributed by atoms with E-state index in [0.717, 1.165) is 28.1 Å². The smallest absolute Gasteiger partial charge is 0.326 e. The number of amides is 2. The molecule has 3 rings (SSSR count). The number of anilines is 3. The lowest BCUT2D eigenvalue weighted by Gasteiger charge is -2.27. The average Bonchev–Trinajstić information content (AvgIpc) is 2.94. The van der Waals surface area contributed by atoms with Crippen molar-refractivity contribution in [3.8, 4) is 5.75 Å². The number of hydrogen-bond acceptors (Lipinski definition) is 5. The van der Waals surface area contributed by atoms with E-state index in [1.54, 1.807) is 18.1 Å². The summed E-state index contributed by atoms with van der Waals surface area (Å²) in [7, 11) is 2.97. The molecule has 208 valence electrons. The molecule has 0 aliphatic carbocycles. The van der Waals surface area contributed by atoms with Crippen LogP contribution in [0.1, 0.15) is 55.9 Å². The van der Waals surface area contributed by atoms with E-state index in [4.69, 9.17) is 21.1 Å². The summed E-state index contributed by atoms with van der Waals surface area (Å²) in [6.45, 7) is 8.62. The SMILES string of the molecule is CCc1c(Cl)cc(NCC(=O)OC)c(CC)c1NC(=O)N(Cc1ccc(OC)cc1)c1ccc(C(C)C)cc1. The average molecular weight is 552 g/mol. The molecule has 2 N–H and O–H groups in total. The third-order valence-corrected chi connectivity index (χ3v) is 7.03. The van der Waals surface area contributed by atoms with Crippen LogP contribution in [-0.2, 0) is 28.9 Å². The molecule has 0 saturated carbocycles. The highest BCUT2D eigenvalue weighted by Crippen LogP contribution is 2.36. The Hall–Kier alpha value is -3.71. The molecule has 0 saturated heterocycles. The lowest BCUT2D eigenvalue weighted by molar-refractivity contribution is -0.138. The Morgan fingerprint density at radius 2 is 1.59 bits per heavy atom. The van der Waals surface area contributed by atoms with Gasteiger partial charge in [0.2, 0.25) is 0 Å². The second-order valence-corrected chi connectivity index (χ2v) is 9.89. The number of urea groups is 1. The zero-order valence-corrected chi connectivity index (χ0v) is 24.3. The van der Waals surface area contributed by atoms with Gasteiger partial charge in [0.1, 0.15) is 12.3 Å². The Morgan fingerprint density at radius 3 is 2.13 bits per heavy atom. The number of rotatable bonds is 11. The molecule has 2 amide bonds. The first-order chi connectivity index (χ1) is 18.7. The molecule has 39 heavy (non-hydrogen) atoms. The number of methoxy groups -OCH3 is 2. The van der Waals surface area contributed by atoms with Crippen LogP contribution in [-0.4, -0.2) is 32.8 Å². The summed E-state index contributed by atoms with van der Waals surface area (Å²) in [4.78, 5) is 27.5. The summed E-state index contributed by atoms with van der Waals surface area (Å²) >= 11 is 6.67. The summed E-state index contributed by atoms with van der Waals surface area (Å²) < 4.78 is 10.1. The molecule has 0 heterocycles. The van der Waals surface area contributed by atoms with Gasteiger partial charge in [-0.15, -0.1) is 0 Å². The van der Waals surface area contributed by atoms with Crippen molar-refractivity contribution in [2.75, 3.05) is 36.3 Å². The zero-order valence-electron chi connectivity index (χ0n) is 23.6. The predicted octanol–water partition coefficient (Wildman–Crippen LogP) is 7.42. The molecule has 8 heteroatoms. The Kier molecular flexibility index (Phi) is 10.6. The fraction of sp³-hybridized carbons (Fsp3) is 0.355. The molecule has 0 bridgehead atoms. The van der Waals surface area contributed by atoms with E-state index in [1.165, 1.54) is 12.7 Å². The Morgan fingerprint density at radius 1 is 0.949 bits per heavy atom. The molecular weight excluding hydrogens is 514 g/mol. The first-order valence-electron chi connectivity index (χ1n) is 13.2. The minimum Gasteiger partial charge on any atom is -0.497 e. The molecule has 0 aromatic heterocycles. The van der Waals surface area contributed by atoms with E-state index in [-0.39, 0.29) is 12.6 Å². The van der Waals surface area contributed by atoms with Crippen LogP contribution >= 0.6 is 11.6 Å². The summed E-state index contributed by atoms with van der Waals surface area (Å²) in [5.74, 6) is 0.737. The van der Waals surface area contributed by atoms with Crippen molar-refractivity contribution < 1.29 is 19.1 Å². The van der Waals surface area contributed by atoms with E-state index >= 15 is 0 Å². The number of esters is 1. The molecule has 0 unspecified atom stereocenters. The standard InChI is InChI=1S/C31H38ClN3O4/c1-7-25-27(32)17-28(33-18-29(36)39-6)26(8-2)30(25)34-31(37)35(19-21-9-15-24(38-5)16-10-21)23-13-11-22(12-14-23)20(3)4/h9-17,20,33H,7-8,18-19H2,1-6H3,(H,34,37). The maximum atomic E-state index is 14.0. The van der Waals surface area contributed by atoms with Crippen LogP contribution in [0.25, 0.3) is 0 Å². The topological polar surface area (TPSA) is 79.9 Å². The number of halogens is 1. The van der Waals surface area contributed by atoms with Gasteiger partial charge < -0.3 is 20.1 Å². The van der Waals surface area contributed by atoms with Crippen LogP contribution in [0.4, 0.5) is 21.9 Å². The summed E-state index contributed by atoms with van der Waals surface area (Å²) in [5, 5.41) is 6.79. The van der Waals surface area contributed by atoms with E-state index in [0.29, 0.717) is 41.7 Å². The second kappa shape index (κ2) is 13.9. The minimum atomic E-state index is -0.395. The van der Waals surface area contributed by atoms with E-state index in [1.807, 2.05) is 50.2 Å². The van der Waals surface area contributed by atoms with Crippen LogP contribution in [0.5, 0.6) is 5.75 Å². The lowest BCUT2D eigenvalue weighted by atomic mass is 10.0. The van der Waals surface area contributed by atoms with Gasteiger partial charge in [0.25, 0.3) is 0 Å². The Labute approximate surface area is 236 Å². The van der Waals surface area contributed by atoms with Crippen molar-refractivity contribution in [1.29, 1.82) is 0 Å². The molecule has 3 aromatic carbocycles. The molecular formula is C31H38ClN3O4. The van der Waals surface area contributed by atoms with Crippen LogP contribution in [0.15, 0.2) is 54.6 Å². The highest BCUT2D eigenvalue weighted by Gasteiger charge is 2.22. The van der Waals surface area contributed by atoms with Crippen molar-refractivity contribution in [3.05, 3.63) is 81.9 Å². The number of ether oxygens (including phenoxy) is 2. The minimum absolute atomic E-state index is 0.00944. The number of carbonyl (C=O) groups is 2. The monoisotopic (exact) mass is 551 g/mol. The molecule has 0 radical (unpaired) electrons. The molecule has 0 aliphatic heterocycles. The van der Waals surface area contributed by atoms with Crippen molar-refractivity contribution in [1.82, 2.24) is 0 Å². The van der Waals surface area contributed by atoms with E-state index < -0.39 is 5.97 Å². The summed E-state index contributed by atoms with van der Waals surface area (Å²) in [6, 6.07) is 17.2. The van der Waals surface area contributed by atoms with Crippen LogP contribution in [0, 0.1) is 0 Å². The first-order valence-corrected chi connectivity index (χ1v) is 13.6. The van der Waals surface area contributed by atoms with Gasteiger partial charge in [-0.1, -0.05) is 63.6 Å². The summed E-state index contributed by atoms with van der Waals surface area (Å²) in [6.07, 6.45) is 1.24. The van der Waals surface area contributed by atoms with Crippen molar-refractivity contribution >= 4 is 40.7 Å². The van der Waals surface area contributed by atoms with Crippen LogP contribution in [0.2, 0.25) is 5.02 Å². The lowest BCUT2D eigenvalue weighted by Crippen LogP contribution is -2.35. The normalized spacial score (nSPS) is 10.8. The number of carbonyl (C=O) groups excluding carboxylic acids is 2. The number of nitrogens with one attached hydrogen (secondary N) is 2. The third kappa shape index (κ3) is 7.45. The molecule has 3 aromatic rings. The Bertz CT molecular complexity index is 1270. The van der Waals surface area contributed by atoms with Crippen molar-refractivity contribution in [3.63, 3.8) is 0 Å². The van der Waals surface area contributed by atoms with Gasteiger partial charge in [-0.05, 0) is 71.3 Å². The van der Waals surface area contributed by atoms with Crippen molar-refractivity contribution in [2.45, 2.75) is 53.0 Å². The fourth-order valence-corrected chi connectivity index (χ4v) is 4.74. The number of benzene rings is 3. The van der Waals surface area contributed by atoms with Gasteiger partial charge in [-0.3, -0.25) is 9.69 Å². The van der Waals surface area contributed by atoms with Gasteiger partial charge in [-0.2, -0.15) is 0 Å². The molecule has 0 aliphatic rings. The van der Waals surface area contributed by atoms with Gasteiger partial charge >= 0.3 is 12.0 Å². The van der Waals surface area contributed by atoms with Crippen molar-refractivity contribution in [2.24, 2.45) is 0 Å². The highest BCUT2D eigenvalue weighted by atomic mass is 35.5. The quantitative estimate of drug-likeness (QED) is 0.242. The first kappa shape index (κ1) is 29.8. The van der Waals surface area contributed by atoms with Crippen LogP contribution in [0.3, 0.4) is 0 Å².